The SMILES string of the molecule is Cc1ccc2[nH]c(=O)c(CN(C)CCCc3nccn3C)cc2c1. The fourth-order valence-electron chi connectivity index (χ4n) is 3.00. The number of hydrogen-bond acceptors (Lipinski definition) is 3. The smallest absolute Gasteiger partial charge is 0.252 e. The average Bonchev–Trinajstić information content (AvgIpc) is 2.94. The van der Waals surface area contributed by atoms with Crippen molar-refractivity contribution in [2.24, 2.45) is 7.05 Å². The van der Waals surface area contributed by atoms with Crippen LogP contribution in [-0.4, -0.2) is 33.0 Å². The first-order valence-electron chi connectivity index (χ1n) is 8.30. The number of imidazole rings is 1. The van der Waals surface area contributed by atoms with E-state index >= 15 is 0 Å². The lowest BCUT2D eigenvalue weighted by Gasteiger charge is -2.16. The van der Waals surface area contributed by atoms with Gasteiger partial charge in [-0.3, -0.25) is 4.79 Å². The van der Waals surface area contributed by atoms with E-state index in [4.69, 9.17) is 0 Å². The Hall–Kier alpha value is -2.40. The molecule has 0 fully saturated rings. The molecule has 0 saturated heterocycles. The van der Waals surface area contributed by atoms with Crippen LogP contribution in [0.5, 0.6) is 0 Å². The minimum absolute atomic E-state index is 0.00213. The van der Waals surface area contributed by atoms with Crippen molar-refractivity contribution in [3.05, 3.63) is 64.0 Å². The molecule has 0 aliphatic rings. The van der Waals surface area contributed by atoms with E-state index in [0.29, 0.717) is 6.54 Å². The van der Waals surface area contributed by atoms with Gasteiger partial charge in [-0.25, -0.2) is 4.98 Å². The van der Waals surface area contributed by atoms with E-state index in [0.717, 1.165) is 41.7 Å². The Bertz CT molecular complexity index is 894. The zero-order valence-electron chi connectivity index (χ0n) is 14.5. The van der Waals surface area contributed by atoms with Crippen LogP contribution in [0.15, 0.2) is 41.5 Å². The van der Waals surface area contributed by atoms with E-state index in [1.165, 1.54) is 5.56 Å². The molecule has 0 bridgehead atoms. The normalized spacial score (nSPS) is 11.5. The highest BCUT2D eigenvalue weighted by Crippen LogP contribution is 2.14. The molecule has 2 heterocycles. The summed E-state index contributed by atoms with van der Waals surface area (Å²) in [7, 11) is 4.07. The molecule has 0 unspecified atom stereocenters. The van der Waals surface area contributed by atoms with Gasteiger partial charge in [-0.1, -0.05) is 11.6 Å². The third kappa shape index (κ3) is 3.74. The standard InChI is InChI=1S/C19H24N4O/c1-14-6-7-17-15(11-14)12-16(19(24)21-17)13-22(2)9-4-5-18-20-8-10-23(18)3/h6-8,10-12H,4-5,9,13H2,1-3H3,(H,21,24). The monoisotopic (exact) mass is 324 g/mol. The lowest BCUT2D eigenvalue weighted by molar-refractivity contribution is 0.319. The van der Waals surface area contributed by atoms with Gasteiger partial charge in [0.2, 0.25) is 0 Å². The Morgan fingerprint density at radius 3 is 2.88 bits per heavy atom. The van der Waals surface area contributed by atoms with Gasteiger partial charge < -0.3 is 14.5 Å². The highest BCUT2D eigenvalue weighted by molar-refractivity contribution is 5.79. The number of H-pyrrole nitrogens is 1. The van der Waals surface area contributed by atoms with Crippen LogP contribution >= 0.6 is 0 Å². The number of aromatic nitrogens is 3. The van der Waals surface area contributed by atoms with Crippen LogP contribution in [0.2, 0.25) is 0 Å². The molecule has 0 atom stereocenters. The van der Waals surface area contributed by atoms with Crippen molar-refractivity contribution >= 4 is 10.9 Å². The first-order chi connectivity index (χ1) is 11.5. The fraction of sp³-hybridized carbons (Fsp3) is 0.368. The zero-order valence-corrected chi connectivity index (χ0v) is 14.5. The first-order valence-corrected chi connectivity index (χ1v) is 8.30. The topological polar surface area (TPSA) is 53.9 Å². The van der Waals surface area contributed by atoms with E-state index in [2.05, 4.69) is 39.5 Å². The third-order valence-electron chi connectivity index (χ3n) is 4.38. The summed E-state index contributed by atoms with van der Waals surface area (Å²) in [5.41, 5.74) is 2.91. The van der Waals surface area contributed by atoms with Crippen molar-refractivity contribution in [1.29, 1.82) is 0 Å². The van der Waals surface area contributed by atoms with E-state index in [1.807, 2.05) is 37.6 Å². The summed E-state index contributed by atoms with van der Waals surface area (Å²) >= 11 is 0. The Balaban J connectivity index is 1.64. The summed E-state index contributed by atoms with van der Waals surface area (Å²) in [5, 5.41) is 1.09. The lowest BCUT2D eigenvalue weighted by atomic mass is 10.1. The van der Waals surface area contributed by atoms with Crippen molar-refractivity contribution in [3.8, 4) is 0 Å². The van der Waals surface area contributed by atoms with Crippen molar-refractivity contribution in [1.82, 2.24) is 19.4 Å². The second-order valence-corrected chi connectivity index (χ2v) is 6.51. The molecule has 5 nitrogen and oxygen atoms in total. The molecule has 1 aromatic carbocycles. The Morgan fingerprint density at radius 2 is 2.12 bits per heavy atom. The molecule has 0 spiro atoms. The van der Waals surface area contributed by atoms with Crippen LogP contribution in [-0.2, 0) is 20.0 Å². The Morgan fingerprint density at radius 1 is 1.29 bits per heavy atom. The predicted molar refractivity (Wildman–Crippen MR) is 97.2 cm³/mol. The van der Waals surface area contributed by atoms with Gasteiger partial charge in [-0.15, -0.1) is 0 Å². The maximum Gasteiger partial charge on any atom is 0.252 e. The molecule has 3 rings (SSSR count). The maximum absolute atomic E-state index is 12.3. The van der Waals surface area contributed by atoms with E-state index in [1.54, 1.807) is 0 Å². The zero-order chi connectivity index (χ0) is 17.1. The molecule has 0 aliphatic heterocycles. The van der Waals surface area contributed by atoms with Crippen molar-refractivity contribution in [2.75, 3.05) is 13.6 Å². The molecule has 5 heteroatoms. The van der Waals surface area contributed by atoms with Gasteiger partial charge in [0.05, 0.1) is 0 Å². The largest absolute Gasteiger partial charge is 0.338 e. The third-order valence-corrected chi connectivity index (χ3v) is 4.38. The summed E-state index contributed by atoms with van der Waals surface area (Å²) in [4.78, 5) is 21.8. The quantitative estimate of drug-likeness (QED) is 0.758. The van der Waals surface area contributed by atoms with Gasteiger partial charge in [-0.05, 0) is 50.5 Å². The summed E-state index contributed by atoms with van der Waals surface area (Å²) in [5.74, 6) is 1.10. The molecule has 2 aromatic heterocycles. The van der Waals surface area contributed by atoms with Gasteiger partial charge in [0.15, 0.2) is 0 Å². The number of pyridine rings is 1. The fourth-order valence-corrected chi connectivity index (χ4v) is 3.00. The Labute approximate surface area is 142 Å². The Kier molecular flexibility index (Phi) is 4.81. The minimum Gasteiger partial charge on any atom is -0.338 e. The highest BCUT2D eigenvalue weighted by atomic mass is 16.1. The van der Waals surface area contributed by atoms with Crippen LogP contribution in [0.4, 0.5) is 0 Å². The molecule has 1 N–H and O–H groups in total. The van der Waals surface area contributed by atoms with Gasteiger partial charge >= 0.3 is 0 Å². The number of fused-ring (bicyclic) bond motifs is 1. The van der Waals surface area contributed by atoms with Crippen molar-refractivity contribution < 1.29 is 0 Å². The molecule has 24 heavy (non-hydrogen) atoms. The van der Waals surface area contributed by atoms with Crippen LogP contribution in [0, 0.1) is 6.92 Å². The minimum atomic E-state index is 0.00213. The van der Waals surface area contributed by atoms with Gasteiger partial charge in [0.1, 0.15) is 5.82 Å². The average molecular weight is 324 g/mol. The van der Waals surface area contributed by atoms with E-state index in [9.17, 15) is 4.79 Å². The number of hydrogen-bond donors (Lipinski definition) is 1. The molecule has 0 aliphatic carbocycles. The maximum atomic E-state index is 12.3. The number of nitrogens with zero attached hydrogens (tertiary/aromatic N) is 3. The number of rotatable bonds is 6. The molecular formula is C19H24N4O. The van der Waals surface area contributed by atoms with E-state index in [-0.39, 0.29) is 5.56 Å². The van der Waals surface area contributed by atoms with E-state index < -0.39 is 0 Å². The van der Waals surface area contributed by atoms with Crippen LogP contribution in [0.1, 0.15) is 23.4 Å². The van der Waals surface area contributed by atoms with Crippen molar-refractivity contribution in [2.45, 2.75) is 26.3 Å². The molecule has 0 saturated carbocycles. The summed E-state index contributed by atoms with van der Waals surface area (Å²) in [6.07, 6.45) is 5.76. The molecule has 0 amide bonds. The molecule has 126 valence electrons. The molecule has 0 radical (unpaired) electrons. The van der Waals surface area contributed by atoms with Gasteiger partial charge in [0.25, 0.3) is 5.56 Å². The van der Waals surface area contributed by atoms with Crippen LogP contribution in [0.3, 0.4) is 0 Å². The van der Waals surface area contributed by atoms with Gasteiger partial charge in [-0.2, -0.15) is 0 Å². The summed E-state index contributed by atoms with van der Waals surface area (Å²) in [6, 6.07) is 8.10. The van der Waals surface area contributed by atoms with Crippen LogP contribution < -0.4 is 5.56 Å². The second kappa shape index (κ2) is 7.01. The lowest BCUT2D eigenvalue weighted by Crippen LogP contribution is -2.24. The van der Waals surface area contributed by atoms with Crippen molar-refractivity contribution in [3.63, 3.8) is 0 Å². The van der Waals surface area contributed by atoms with Gasteiger partial charge in [0, 0.05) is 43.5 Å². The molecular weight excluding hydrogens is 300 g/mol. The number of nitrogens with one attached hydrogen (secondary N) is 1. The summed E-state index contributed by atoms with van der Waals surface area (Å²) in [6.45, 7) is 3.64. The first kappa shape index (κ1) is 16.5. The number of benzene rings is 1. The second-order valence-electron chi connectivity index (χ2n) is 6.51. The summed E-state index contributed by atoms with van der Waals surface area (Å²) < 4.78 is 2.05. The predicted octanol–water partition coefficient (Wildman–Crippen LogP) is 2.63. The van der Waals surface area contributed by atoms with Crippen LogP contribution in [0.25, 0.3) is 10.9 Å². The highest BCUT2D eigenvalue weighted by Gasteiger charge is 2.07. The number of aromatic amines is 1. The number of aryl methyl sites for hydroxylation is 3. The molecule has 3 aromatic rings.